The molecule has 0 saturated carbocycles. The summed E-state index contributed by atoms with van der Waals surface area (Å²) in [7, 11) is 0. The summed E-state index contributed by atoms with van der Waals surface area (Å²) in [4.78, 5) is 2.36. The van der Waals surface area contributed by atoms with Crippen LogP contribution in [-0.2, 0) is 4.74 Å². The summed E-state index contributed by atoms with van der Waals surface area (Å²) in [6.45, 7) is 6.00. The van der Waals surface area contributed by atoms with Crippen molar-refractivity contribution in [3.8, 4) is 0 Å². The number of hydrogen-bond acceptors (Lipinski definition) is 4. The molecule has 1 aliphatic heterocycles. The van der Waals surface area contributed by atoms with Crippen LogP contribution in [0.2, 0.25) is 5.02 Å². The van der Waals surface area contributed by atoms with Crippen LogP contribution in [0.15, 0.2) is 24.3 Å². The van der Waals surface area contributed by atoms with Crippen LogP contribution in [0.25, 0.3) is 0 Å². The zero-order valence-electron chi connectivity index (χ0n) is 11.0. The highest BCUT2D eigenvalue weighted by molar-refractivity contribution is 6.31. The van der Waals surface area contributed by atoms with E-state index in [0.717, 1.165) is 45.0 Å². The third kappa shape index (κ3) is 4.75. The van der Waals surface area contributed by atoms with Gasteiger partial charge in [-0.1, -0.05) is 29.8 Å². The number of nitrogens with one attached hydrogen (secondary N) is 1. The molecule has 1 saturated heterocycles. The van der Waals surface area contributed by atoms with Crippen molar-refractivity contribution in [1.82, 2.24) is 10.2 Å². The van der Waals surface area contributed by atoms with Crippen molar-refractivity contribution in [2.45, 2.75) is 6.10 Å². The van der Waals surface area contributed by atoms with E-state index in [1.165, 1.54) is 0 Å². The number of morpholine rings is 1. The Morgan fingerprint density at radius 1 is 1.32 bits per heavy atom. The lowest BCUT2D eigenvalue weighted by molar-refractivity contribution is 0.0380. The minimum Gasteiger partial charge on any atom is -0.387 e. The van der Waals surface area contributed by atoms with Crippen LogP contribution in [0.5, 0.6) is 0 Å². The van der Waals surface area contributed by atoms with Crippen LogP contribution in [-0.4, -0.2) is 55.9 Å². The molecule has 5 heteroatoms. The number of nitrogens with zero attached hydrogens (tertiary/aromatic N) is 1. The molecule has 2 rings (SSSR count). The first-order chi connectivity index (χ1) is 9.27. The lowest BCUT2D eigenvalue weighted by Crippen LogP contribution is -2.40. The molecule has 1 unspecified atom stereocenters. The molecule has 1 aliphatic rings. The number of benzene rings is 1. The van der Waals surface area contributed by atoms with Crippen molar-refractivity contribution < 1.29 is 9.84 Å². The van der Waals surface area contributed by atoms with E-state index < -0.39 is 6.10 Å². The van der Waals surface area contributed by atoms with E-state index in [1.54, 1.807) is 6.07 Å². The first-order valence-corrected chi connectivity index (χ1v) is 7.08. The van der Waals surface area contributed by atoms with E-state index in [9.17, 15) is 5.11 Å². The predicted molar refractivity (Wildman–Crippen MR) is 76.5 cm³/mol. The lowest BCUT2D eigenvalue weighted by Gasteiger charge is -2.26. The van der Waals surface area contributed by atoms with Gasteiger partial charge in [0.2, 0.25) is 0 Å². The van der Waals surface area contributed by atoms with E-state index in [1.807, 2.05) is 18.2 Å². The van der Waals surface area contributed by atoms with Gasteiger partial charge in [0.1, 0.15) is 0 Å². The molecule has 1 heterocycles. The maximum Gasteiger partial charge on any atom is 0.0928 e. The third-order valence-electron chi connectivity index (χ3n) is 3.31. The average molecular weight is 285 g/mol. The van der Waals surface area contributed by atoms with Gasteiger partial charge >= 0.3 is 0 Å². The van der Waals surface area contributed by atoms with Gasteiger partial charge in [0, 0.05) is 43.3 Å². The predicted octanol–water partition coefficient (Wildman–Crippen LogP) is 1.30. The molecule has 19 heavy (non-hydrogen) atoms. The summed E-state index contributed by atoms with van der Waals surface area (Å²) in [6, 6.07) is 7.41. The Kier molecular flexibility index (Phi) is 6.07. The molecule has 0 bridgehead atoms. The molecule has 0 aliphatic carbocycles. The third-order valence-corrected chi connectivity index (χ3v) is 3.65. The molecule has 1 aromatic carbocycles. The summed E-state index contributed by atoms with van der Waals surface area (Å²) in [5.74, 6) is 0. The monoisotopic (exact) mass is 284 g/mol. The summed E-state index contributed by atoms with van der Waals surface area (Å²) in [5, 5.41) is 13.9. The maximum atomic E-state index is 10.1. The van der Waals surface area contributed by atoms with Crippen molar-refractivity contribution >= 4 is 11.6 Å². The minimum atomic E-state index is -0.557. The molecule has 2 N–H and O–H groups in total. The molecular formula is C14H21ClN2O2. The van der Waals surface area contributed by atoms with Crippen LogP contribution in [0.4, 0.5) is 0 Å². The number of rotatable bonds is 6. The zero-order valence-corrected chi connectivity index (χ0v) is 11.8. The number of ether oxygens (including phenoxy) is 1. The van der Waals surface area contributed by atoms with Crippen LogP contribution < -0.4 is 5.32 Å². The van der Waals surface area contributed by atoms with Gasteiger partial charge in [0.25, 0.3) is 0 Å². The smallest absolute Gasteiger partial charge is 0.0928 e. The first-order valence-electron chi connectivity index (χ1n) is 6.70. The Labute approximate surface area is 119 Å². The molecule has 1 fully saturated rings. The first kappa shape index (κ1) is 14.8. The van der Waals surface area contributed by atoms with Gasteiger partial charge in [-0.3, -0.25) is 4.90 Å². The summed E-state index contributed by atoms with van der Waals surface area (Å²) >= 11 is 6.04. The molecule has 0 amide bonds. The number of hydrogen-bond donors (Lipinski definition) is 2. The maximum absolute atomic E-state index is 10.1. The quantitative estimate of drug-likeness (QED) is 0.773. The largest absolute Gasteiger partial charge is 0.387 e. The molecule has 0 radical (unpaired) electrons. The molecule has 4 nitrogen and oxygen atoms in total. The Hall–Kier alpha value is -0.650. The van der Waals surface area contributed by atoms with Crippen LogP contribution in [0.3, 0.4) is 0 Å². The van der Waals surface area contributed by atoms with E-state index >= 15 is 0 Å². The van der Waals surface area contributed by atoms with Crippen molar-refractivity contribution in [2.24, 2.45) is 0 Å². The highest BCUT2D eigenvalue weighted by atomic mass is 35.5. The second-order valence-corrected chi connectivity index (χ2v) is 5.10. The summed E-state index contributed by atoms with van der Waals surface area (Å²) in [6.07, 6.45) is -0.557. The van der Waals surface area contributed by atoms with Gasteiger partial charge in [0.15, 0.2) is 0 Å². The molecule has 1 aromatic rings. The van der Waals surface area contributed by atoms with Gasteiger partial charge < -0.3 is 15.2 Å². The fourth-order valence-corrected chi connectivity index (χ4v) is 2.42. The van der Waals surface area contributed by atoms with Gasteiger partial charge in [0.05, 0.1) is 19.3 Å². The van der Waals surface area contributed by atoms with Crippen LogP contribution in [0, 0.1) is 0 Å². The normalized spacial score (nSPS) is 18.4. The highest BCUT2D eigenvalue weighted by Gasteiger charge is 2.12. The molecule has 106 valence electrons. The Balaban J connectivity index is 1.66. The van der Waals surface area contributed by atoms with E-state index in [4.69, 9.17) is 16.3 Å². The Bertz CT molecular complexity index is 383. The zero-order chi connectivity index (χ0) is 13.5. The second-order valence-electron chi connectivity index (χ2n) is 4.70. The van der Waals surface area contributed by atoms with E-state index in [0.29, 0.717) is 11.6 Å². The van der Waals surface area contributed by atoms with Gasteiger partial charge in [-0.05, 0) is 6.07 Å². The number of aliphatic hydroxyl groups excluding tert-OH is 1. The molecule has 0 aromatic heterocycles. The minimum absolute atomic E-state index is 0.522. The average Bonchev–Trinajstić information content (AvgIpc) is 2.45. The van der Waals surface area contributed by atoms with Crippen molar-refractivity contribution in [3.05, 3.63) is 34.9 Å². The van der Waals surface area contributed by atoms with Gasteiger partial charge in [-0.15, -0.1) is 0 Å². The summed E-state index contributed by atoms with van der Waals surface area (Å²) < 4.78 is 5.30. The van der Waals surface area contributed by atoms with Crippen molar-refractivity contribution in [3.63, 3.8) is 0 Å². The SMILES string of the molecule is OC(CNCCN1CCOCC1)c1ccccc1Cl. The van der Waals surface area contributed by atoms with Crippen LogP contribution in [0.1, 0.15) is 11.7 Å². The van der Waals surface area contributed by atoms with E-state index in [-0.39, 0.29) is 0 Å². The van der Waals surface area contributed by atoms with Gasteiger partial charge in [-0.2, -0.15) is 0 Å². The molecule has 0 spiro atoms. The topological polar surface area (TPSA) is 44.7 Å². The molecular weight excluding hydrogens is 264 g/mol. The van der Waals surface area contributed by atoms with Crippen molar-refractivity contribution in [2.75, 3.05) is 45.9 Å². The van der Waals surface area contributed by atoms with Crippen molar-refractivity contribution in [1.29, 1.82) is 0 Å². The fraction of sp³-hybridized carbons (Fsp3) is 0.571. The lowest BCUT2D eigenvalue weighted by atomic mass is 10.1. The summed E-state index contributed by atoms with van der Waals surface area (Å²) in [5.41, 5.74) is 0.781. The molecule has 1 atom stereocenters. The Morgan fingerprint density at radius 3 is 2.79 bits per heavy atom. The van der Waals surface area contributed by atoms with Gasteiger partial charge in [-0.25, -0.2) is 0 Å². The van der Waals surface area contributed by atoms with Crippen LogP contribution >= 0.6 is 11.6 Å². The second kappa shape index (κ2) is 7.82. The van der Waals surface area contributed by atoms with E-state index in [2.05, 4.69) is 10.2 Å². The standard InChI is InChI=1S/C14H21ClN2O2/c15-13-4-2-1-3-12(13)14(18)11-16-5-6-17-7-9-19-10-8-17/h1-4,14,16,18H,5-11H2. The highest BCUT2D eigenvalue weighted by Crippen LogP contribution is 2.21. The Morgan fingerprint density at radius 2 is 2.05 bits per heavy atom. The number of aliphatic hydroxyl groups is 1. The number of halogens is 1. The fourth-order valence-electron chi connectivity index (χ4n) is 2.16.